The van der Waals surface area contributed by atoms with E-state index in [-0.39, 0.29) is 0 Å². The number of aryl methyl sites for hydroxylation is 1. The highest BCUT2D eigenvalue weighted by Crippen LogP contribution is 2.21. The van der Waals surface area contributed by atoms with Crippen molar-refractivity contribution in [1.29, 1.82) is 0 Å². The van der Waals surface area contributed by atoms with E-state index in [1.807, 2.05) is 53.7 Å². The molecule has 3 N–H and O–H groups in total. The molecule has 7 nitrogen and oxygen atoms in total. The Labute approximate surface area is 162 Å². The van der Waals surface area contributed by atoms with Crippen LogP contribution in [0.3, 0.4) is 0 Å². The van der Waals surface area contributed by atoms with Crippen LogP contribution < -0.4 is 20.7 Å². The average Bonchev–Trinajstić information content (AvgIpc) is 2.56. The molecule has 0 aliphatic carbocycles. The number of alkyl carbamates (subject to hydrolysis) is 1. The topological polar surface area (TPSA) is 84.0 Å². The molecule has 0 unspecified atom stereocenters. The maximum absolute atomic E-state index is 11.6. The smallest absolute Gasteiger partial charge is 0.407 e. The van der Waals surface area contributed by atoms with Crippen molar-refractivity contribution in [3.63, 3.8) is 0 Å². The zero-order valence-electron chi connectivity index (χ0n) is 17.4. The fourth-order valence-corrected chi connectivity index (χ4v) is 2.25. The summed E-state index contributed by atoms with van der Waals surface area (Å²) < 4.78 is 10.9. The summed E-state index contributed by atoms with van der Waals surface area (Å²) in [6, 6.07) is 6.12. The number of carbonyl (C=O) groups is 1. The van der Waals surface area contributed by atoms with Gasteiger partial charge in [0.2, 0.25) is 0 Å². The number of ether oxygens (including phenoxy) is 2. The van der Waals surface area contributed by atoms with E-state index >= 15 is 0 Å². The Balaban J connectivity index is 2.57. The van der Waals surface area contributed by atoms with Crippen LogP contribution in [0.1, 0.15) is 45.7 Å². The van der Waals surface area contributed by atoms with Gasteiger partial charge in [-0.05, 0) is 53.2 Å². The zero-order valence-corrected chi connectivity index (χ0v) is 17.4. The third-order valence-corrected chi connectivity index (χ3v) is 3.36. The third-order valence-electron chi connectivity index (χ3n) is 3.36. The summed E-state index contributed by atoms with van der Waals surface area (Å²) in [4.78, 5) is 16.2. The highest BCUT2D eigenvalue weighted by Gasteiger charge is 2.15. The third kappa shape index (κ3) is 9.72. The van der Waals surface area contributed by atoms with Gasteiger partial charge in [-0.1, -0.05) is 12.1 Å². The number of carbonyl (C=O) groups excluding carboxylic acids is 1. The standard InChI is InChI=1S/C20H34N4O3/c1-7-21-18(22-11-12-23-19(25)27-20(4,5)6)24-14-16-10-9-15(3)13-17(16)26-8-2/h9-10,13H,7-8,11-12,14H2,1-6H3,(H,23,25)(H2,21,22,24). The van der Waals surface area contributed by atoms with Crippen molar-refractivity contribution < 1.29 is 14.3 Å². The molecule has 0 saturated heterocycles. The van der Waals surface area contributed by atoms with E-state index in [4.69, 9.17) is 9.47 Å². The first kappa shape index (κ1) is 22.6. The van der Waals surface area contributed by atoms with Gasteiger partial charge in [0, 0.05) is 25.2 Å². The molecule has 0 bridgehead atoms. The molecule has 1 amide bonds. The molecule has 0 radical (unpaired) electrons. The molecule has 0 fully saturated rings. The average molecular weight is 379 g/mol. The van der Waals surface area contributed by atoms with Crippen molar-refractivity contribution in [3.8, 4) is 5.75 Å². The molecule has 1 aromatic rings. The molecule has 1 aromatic carbocycles. The predicted octanol–water partition coefficient (Wildman–Crippen LogP) is 2.97. The molecular formula is C20H34N4O3. The van der Waals surface area contributed by atoms with E-state index in [0.717, 1.165) is 23.4 Å². The van der Waals surface area contributed by atoms with E-state index in [9.17, 15) is 4.79 Å². The monoisotopic (exact) mass is 378 g/mol. The molecule has 0 aliphatic heterocycles. The van der Waals surface area contributed by atoms with Crippen molar-refractivity contribution in [2.45, 2.75) is 53.7 Å². The predicted molar refractivity (Wildman–Crippen MR) is 109 cm³/mol. The number of benzene rings is 1. The van der Waals surface area contributed by atoms with Gasteiger partial charge >= 0.3 is 6.09 Å². The van der Waals surface area contributed by atoms with Gasteiger partial charge in [0.05, 0.1) is 13.2 Å². The molecule has 0 aromatic heterocycles. The van der Waals surface area contributed by atoms with Crippen molar-refractivity contribution in [3.05, 3.63) is 29.3 Å². The molecule has 27 heavy (non-hydrogen) atoms. The second-order valence-electron chi connectivity index (χ2n) is 7.09. The first-order chi connectivity index (χ1) is 12.7. The van der Waals surface area contributed by atoms with Crippen LogP contribution in [0, 0.1) is 6.92 Å². The van der Waals surface area contributed by atoms with E-state index in [1.165, 1.54) is 0 Å². The Morgan fingerprint density at radius 2 is 1.81 bits per heavy atom. The maximum Gasteiger partial charge on any atom is 0.407 e. The summed E-state index contributed by atoms with van der Waals surface area (Å²) in [5.41, 5.74) is 1.69. The number of rotatable bonds is 8. The molecule has 0 atom stereocenters. The van der Waals surface area contributed by atoms with Crippen molar-refractivity contribution in [2.24, 2.45) is 4.99 Å². The zero-order chi connectivity index (χ0) is 20.3. The molecule has 0 heterocycles. The number of nitrogens with zero attached hydrogens (tertiary/aromatic N) is 1. The van der Waals surface area contributed by atoms with Crippen LogP contribution in [-0.2, 0) is 11.3 Å². The van der Waals surface area contributed by atoms with Crippen LogP contribution in [0.2, 0.25) is 0 Å². The van der Waals surface area contributed by atoms with Crippen LogP contribution in [-0.4, -0.2) is 43.9 Å². The van der Waals surface area contributed by atoms with Gasteiger partial charge < -0.3 is 25.4 Å². The Hall–Kier alpha value is -2.44. The second kappa shape index (κ2) is 11.3. The number of aliphatic imine (C=N–C) groups is 1. The summed E-state index contributed by atoms with van der Waals surface area (Å²) in [6.45, 7) is 14.4. The highest BCUT2D eigenvalue weighted by atomic mass is 16.6. The van der Waals surface area contributed by atoms with Gasteiger partial charge in [-0.25, -0.2) is 9.79 Å². The lowest BCUT2D eigenvalue weighted by Crippen LogP contribution is -2.42. The van der Waals surface area contributed by atoms with Gasteiger partial charge in [-0.15, -0.1) is 0 Å². The summed E-state index contributed by atoms with van der Waals surface area (Å²) in [5.74, 6) is 1.55. The van der Waals surface area contributed by atoms with Crippen molar-refractivity contribution >= 4 is 12.1 Å². The lowest BCUT2D eigenvalue weighted by atomic mass is 10.1. The maximum atomic E-state index is 11.6. The van der Waals surface area contributed by atoms with E-state index in [0.29, 0.717) is 32.2 Å². The Bertz CT molecular complexity index is 624. The highest BCUT2D eigenvalue weighted by molar-refractivity contribution is 5.79. The van der Waals surface area contributed by atoms with Gasteiger partial charge in [-0.2, -0.15) is 0 Å². The number of hydrogen-bond donors (Lipinski definition) is 3. The van der Waals surface area contributed by atoms with Crippen LogP contribution >= 0.6 is 0 Å². The molecule has 7 heteroatoms. The summed E-state index contributed by atoms with van der Waals surface area (Å²) in [5, 5.41) is 9.11. The SMILES string of the molecule is CCNC(=NCc1ccc(C)cc1OCC)NCCNC(=O)OC(C)(C)C. The minimum absolute atomic E-state index is 0.424. The summed E-state index contributed by atoms with van der Waals surface area (Å²) in [6.07, 6.45) is -0.424. The quantitative estimate of drug-likeness (QED) is 0.368. The van der Waals surface area contributed by atoms with Crippen LogP contribution in [0.4, 0.5) is 4.79 Å². The number of hydrogen-bond acceptors (Lipinski definition) is 4. The lowest BCUT2D eigenvalue weighted by Gasteiger charge is -2.20. The first-order valence-electron chi connectivity index (χ1n) is 9.46. The van der Waals surface area contributed by atoms with Gasteiger partial charge in [0.1, 0.15) is 11.4 Å². The minimum atomic E-state index is -0.500. The number of amides is 1. The Morgan fingerprint density at radius 3 is 2.44 bits per heavy atom. The van der Waals surface area contributed by atoms with E-state index in [1.54, 1.807) is 0 Å². The number of nitrogens with one attached hydrogen (secondary N) is 3. The largest absolute Gasteiger partial charge is 0.494 e. The molecule has 152 valence electrons. The lowest BCUT2D eigenvalue weighted by molar-refractivity contribution is 0.0529. The first-order valence-corrected chi connectivity index (χ1v) is 9.46. The van der Waals surface area contributed by atoms with Gasteiger partial charge in [0.15, 0.2) is 5.96 Å². The summed E-state index contributed by atoms with van der Waals surface area (Å²) in [7, 11) is 0. The molecule has 0 saturated carbocycles. The molecule has 1 rings (SSSR count). The molecule has 0 spiro atoms. The second-order valence-corrected chi connectivity index (χ2v) is 7.09. The minimum Gasteiger partial charge on any atom is -0.494 e. The molecule has 0 aliphatic rings. The fraction of sp³-hybridized carbons (Fsp3) is 0.600. The van der Waals surface area contributed by atoms with Crippen LogP contribution in [0.5, 0.6) is 5.75 Å². The molecular weight excluding hydrogens is 344 g/mol. The number of guanidine groups is 1. The van der Waals surface area contributed by atoms with Crippen LogP contribution in [0.15, 0.2) is 23.2 Å². The Kier molecular flexibility index (Phi) is 9.47. The Morgan fingerprint density at radius 1 is 1.11 bits per heavy atom. The fourth-order valence-electron chi connectivity index (χ4n) is 2.25. The van der Waals surface area contributed by atoms with E-state index < -0.39 is 11.7 Å². The summed E-state index contributed by atoms with van der Waals surface area (Å²) >= 11 is 0. The van der Waals surface area contributed by atoms with Crippen molar-refractivity contribution in [1.82, 2.24) is 16.0 Å². The van der Waals surface area contributed by atoms with Crippen LogP contribution in [0.25, 0.3) is 0 Å². The van der Waals surface area contributed by atoms with Gasteiger partial charge in [-0.3, -0.25) is 0 Å². The normalized spacial score (nSPS) is 11.7. The van der Waals surface area contributed by atoms with E-state index in [2.05, 4.69) is 27.0 Å². The van der Waals surface area contributed by atoms with Gasteiger partial charge in [0.25, 0.3) is 0 Å². The van der Waals surface area contributed by atoms with Crippen molar-refractivity contribution in [2.75, 3.05) is 26.2 Å².